The number of benzene rings is 2. The second-order valence-electron chi connectivity index (χ2n) is 6.33. The standard InChI is InChI=1S/C19H22ClN3O/c1-12-6-5-8-15(10-12)18-13(2)22-23-19(18)21-17(24)11-14-7-3-4-9-16(14)20/h3-10,13,18-19,22-23H,11H2,1-2H3,(H,21,24). The molecule has 126 valence electrons. The summed E-state index contributed by atoms with van der Waals surface area (Å²) in [5, 5.41) is 3.70. The van der Waals surface area contributed by atoms with E-state index in [2.05, 4.69) is 54.3 Å². The summed E-state index contributed by atoms with van der Waals surface area (Å²) < 4.78 is 0. The Morgan fingerprint density at radius 3 is 2.71 bits per heavy atom. The van der Waals surface area contributed by atoms with Gasteiger partial charge in [0.1, 0.15) is 6.17 Å². The second-order valence-corrected chi connectivity index (χ2v) is 6.74. The lowest BCUT2D eigenvalue weighted by molar-refractivity contribution is -0.121. The van der Waals surface area contributed by atoms with Crippen molar-refractivity contribution < 1.29 is 4.79 Å². The first-order chi connectivity index (χ1) is 11.5. The fourth-order valence-electron chi connectivity index (χ4n) is 3.21. The molecule has 3 N–H and O–H groups in total. The van der Waals surface area contributed by atoms with Crippen LogP contribution in [-0.2, 0) is 11.2 Å². The Kier molecular flexibility index (Phi) is 5.19. The van der Waals surface area contributed by atoms with Crippen LogP contribution in [0.2, 0.25) is 5.02 Å². The molecule has 0 aromatic heterocycles. The summed E-state index contributed by atoms with van der Waals surface area (Å²) >= 11 is 6.14. The number of carbonyl (C=O) groups excluding carboxylic acids is 1. The van der Waals surface area contributed by atoms with E-state index in [1.807, 2.05) is 18.2 Å². The summed E-state index contributed by atoms with van der Waals surface area (Å²) in [6.45, 7) is 4.19. The Balaban J connectivity index is 1.71. The summed E-state index contributed by atoms with van der Waals surface area (Å²) in [4.78, 5) is 12.4. The molecule has 1 heterocycles. The fraction of sp³-hybridized carbons (Fsp3) is 0.316. The first-order valence-corrected chi connectivity index (χ1v) is 8.53. The van der Waals surface area contributed by atoms with Crippen molar-refractivity contribution in [1.82, 2.24) is 16.2 Å². The molecule has 0 aliphatic carbocycles. The average Bonchev–Trinajstić information content (AvgIpc) is 2.90. The van der Waals surface area contributed by atoms with E-state index in [-0.39, 0.29) is 30.5 Å². The van der Waals surface area contributed by atoms with Gasteiger partial charge in [-0.25, -0.2) is 5.43 Å². The Morgan fingerprint density at radius 2 is 1.96 bits per heavy atom. The van der Waals surface area contributed by atoms with Crippen molar-refractivity contribution >= 4 is 17.5 Å². The van der Waals surface area contributed by atoms with E-state index in [0.717, 1.165) is 5.56 Å². The molecule has 3 unspecified atom stereocenters. The summed E-state index contributed by atoms with van der Waals surface area (Å²) in [5.41, 5.74) is 9.68. The number of halogens is 1. The molecule has 1 fully saturated rings. The van der Waals surface area contributed by atoms with Gasteiger partial charge in [-0.2, -0.15) is 0 Å². The quantitative estimate of drug-likeness (QED) is 0.800. The molecule has 0 bridgehead atoms. The number of hydrogen-bond donors (Lipinski definition) is 3. The van der Waals surface area contributed by atoms with Crippen LogP contribution >= 0.6 is 11.6 Å². The molecule has 0 spiro atoms. The molecule has 0 saturated carbocycles. The molecule has 1 aliphatic rings. The smallest absolute Gasteiger partial charge is 0.225 e. The molecule has 3 rings (SSSR count). The van der Waals surface area contributed by atoms with Gasteiger partial charge in [-0.05, 0) is 31.0 Å². The summed E-state index contributed by atoms with van der Waals surface area (Å²) in [6, 6.07) is 16.1. The maximum atomic E-state index is 12.4. The highest BCUT2D eigenvalue weighted by Crippen LogP contribution is 2.26. The fourth-order valence-corrected chi connectivity index (χ4v) is 3.42. The van der Waals surface area contributed by atoms with Crippen LogP contribution in [0, 0.1) is 6.92 Å². The SMILES string of the molecule is Cc1cccc(C2C(C)NNC2NC(=O)Cc2ccccc2Cl)c1. The average molecular weight is 344 g/mol. The third kappa shape index (κ3) is 3.78. The number of hydrazine groups is 1. The molecule has 2 aromatic carbocycles. The van der Waals surface area contributed by atoms with Gasteiger partial charge in [0.2, 0.25) is 5.91 Å². The highest BCUT2D eigenvalue weighted by molar-refractivity contribution is 6.31. The number of carbonyl (C=O) groups is 1. The highest BCUT2D eigenvalue weighted by Gasteiger charge is 2.35. The Hall–Kier alpha value is -1.88. The Bertz CT molecular complexity index is 734. The lowest BCUT2D eigenvalue weighted by Gasteiger charge is -2.23. The van der Waals surface area contributed by atoms with Crippen molar-refractivity contribution in [2.45, 2.75) is 38.4 Å². The monoisotopic (exact) mass is 343 g/mol. The molecule has 1 amide bonds. The minimum atomic E-state index is -0.156. The predicted octanol–water partition coefficient (Wildman–Crippen LogP) is 2.91. The molecule has 0 radical (unpaired) electrons. The van der Waals surface area contributed by atoms with Gasteiger partial charge < -0.3 is 5.32 Å². The van der Waals surface area contributed by atoms with E-state index in [1.54, 1.807) is 6.07 Å². The predicted molar refractivity (Wildman–Crippen MR) is 96.7 cm³/mol. The van der Waals surface area contributed by atoms with E-state index < -0.39 is 0 Å². The van der Waals surface area contributed by atoms with Crippen molar-refractivity contribution in [1.29, 1.82) is 0 Å². The van der Waals surface area contributed by atoms with Crippen LogP contribution in [0.15, 0.2) is 48.5 Å². The van der Waals surface area contributed by atoms with Crippen LogP contribution in [0.1, 0.15) is 29.5 Å². The van der Waals surface area contributed by atoms with E-state index in [4.69, 9.17) is 11.6 Å². The molecule has 4 nitrogen and oxygen atoms in total. The molecule has 1 aliphatic heterocycles. The number of aryl methyl sites for hydroxylation is 1. The second kappa shape index (κ2) is 7.34. The van der Waals surface area contributed by atoms with Crippen molar-refractivity contribution in [3.8, 4) is 0 Å². The Labute approximate surface area is 147 Å². The van der Waals surface area contributed by atoms with Crippen LogP contribution in [0.3, 0.4) is 0 Å². The zero-order valence-corrected chi connectivity index (χ0v) is 14.6. The highest BCUT2D eigenvalue weighted by atomic mass is 35.5. The van der Waals surface area contributed by atoms with Crippen molar-refractivity contribution in [3.63, 3.8) is 0 Å². The van der Waals surface area contributed by atoms with E-state index in [0.29, 0.717) is 5.02 Å². The van der Waals surface area contributed by atoms with Gasteiger partial charge in [-0.15, -0.1) is 0 Å². The van der Waals surface area contributed by atoms with Gasteiger partial charge in [0, 0.05) is 17.0 Å². The van der Waals surface area contributed by atoms with Gasteiger partial charge in [0.25, 0.3) is 0 Å². The van der Waals surface area contributed by atoms with Gasteiger partial charge in [0.15, 0.2) is 0 Å². The van der Waals surface area contributed by atoms with Gasteiger partial charge >= 0.3 is 0 Å². The van der Waals surface area contributed by atoms with Crippen molar-refractivity contribution in [2.24, 2.45) is 0 Å². The summed E-state index contributed by atoms with van der Waals surface area (Å²) in [5.74, 6) is 0.120. The number of amides is 1. The number of rotatable bonds is 4. The lowest BCUT2D eigenvalue weighted by Crippen LogP contribution is -2.46. The van der Waals surface area contributed by atoms with E-state index >= 15 is 0 Å². The molecule has 5 heteroatoms. The maximum Gasteiger partial charge on any atom is 0.225 e. The molecule has 1 saturated heterocycles. The minimum absolute atomic E-state index is 0.0471. The first kappa shape index (κ1) is 17.0. The van der Waals surface area contributed by atoms with Gasteiger partial charge in [0.05, 0.1) is 6.42 Å². The van der Waals surface area contributed by atoms with Crippen molar-refractivity contribution in [3.05, 3.63) is 70.2 Å². The molecular weight excluding hydrogens is 322 g/mol. The van der Waals surface area contributed by atoms with Crippen LogP contribution in [0.5, 0.6) is 0 Å². The first-order valence-electron chi connectivity index (χ1n) is 8.15. The van der Waals surface area contributed by atoms with Crippen LogP contribution in [0.25, 0.3) is 0 Å². The zero-order chi connectivity index (χ0) is 17.1. The van der Waals surface area contributed by atoms with Crippen LogP contribution in [-0.4, -0.2) is 18.1 Å². The zero-order valence-electron chi connectivity index (χ0n) is 13.8. The van der Waals surface area contributed by atoms with Crippen LogP contribution in [0.4, 0.5) is 0 Å². The minimum Gasteiger partial charge on any atom is -0.339 e. The largest absolute Gasteiger partial charge is 0.339 e. The van der Waals surface area contributed by atoms with Gasteiger partial charge in [-0.1, -0.05) is 59.6 Å². The number of nitrogens with one attached hydrogen (secondary N) is 3. The molecule has 3 atom stereocenters. The molecular formula is C19H22ClN3O. The number of hydrogen-bond acceptors (Lipinski definition) is 3. The third-order valence-corrected chi connectivity index (χ3v) is 4.79. The van der Waals surface area contributed by atoms with Crippen molar-refractivity contribution in [2.75, 3.05) is 0 Å². The van der Waals surface area contributed by atoms with Crippen LogP contribution < -0.4 is 16.2 Å². The third-order valence-electron chi connectivity index (χ3n) is 4.42. The van der Waals surface area contributed by atoms with E-state index in [1.165, 1.54) is 11.1 Å². The lowest BCUT2D eigenvalue weighted by atomic mass is 9.90. The summed E-state index contributed by atoms with van der Waals surface area (Å²) in [7, 11) is 0. The van der Waals surface area contributed by atoms with E-state index in [9.17, 15) is 4.79 Å². The molecule has 24 heavy (non-hydrogen) atoms. The molecule has 2 aromatic rings. The topological polar surface area (TPSA) is 53.2 Å². The summed E-state index contributed by atoms with van der Waals surface area (Å²) in [6.07, 6.45) is 0.115. The maximum absolute atomic E-state index is 12.4. The normalized spacial score (nSPS) is 23.2. The van der Waals surface area contributed by atoms with Gasteiger partial charge in [-0.3, -0.25) is 10.2 Å². The Morgan fingerprint density at radius 1 is 1.17 bits per heavy atom.